The van der Waals surface area contributed by atoms with Crippen LogP contribution < -0.4 is 14.8 Å². The largest absolute Gasteiger partial charge is 0.497 e. The standard InChI is InChI=1S/C15H23NO3/c1-12(13-7-9-18-11-13)16-8-10-19-15-5-3-14(17-2)4-6-15/h3-6,12-13,16H,7-11H2,1-2H3. The second kappa shape index (κ2) is 7.36. The molecule has 1 N–H and O–H groups in total. The number of ether oxygens (including phenoxy) is 3. The van der Waals surface area contributed by atoms with Crippen LogP contribution in [0, 0.1) is 5.92 Å². The monoisotopic (exact) mass is 265 g/mol. The predicted octanol–water partition coefficient (Wildman–Crippen LogP) is 2.09. The number of hydrogen-bond donors (Lipinski definition) is 1. The Labute approximate surface area is 115 Å². The minimum Gasteiger partial charge on any atom is -0.497 e. The molecule has 2 atom stereocenters. The van der Waals surface area contributed by atoms with Crippen LogP contribution in [0.25, 0.3) is 0 Å². The van der Waals surface area contributed by atoms with Crippen LogP contribution in [-0.2, 0) is 4.74 Å². The van der Waals surface area contributed by atoms with Gasteiger partial charge in [0.25, 0.3) is 0 Å². The lowest BCUT2D eigenvalue weighted by Crippen LogP contribution is -2.36. The van der Waals surface area contributed by atoms with Gasteiger partial charge in [0, 0.05) is 19.2 Å². The zero-order chi connectivity index (χ0) is 13.5. The SMILES string of the molecule is COc1ccc(OCCNC(C)C2CCOC2)cc1. The summed E-state index contributed by atoms with van der Waals surface area (Å²) in [6, 6.07) is 8.14. The number of hydrogen-bond acceptors (Lipinski definition) is 4. The molecule has 0 aliphatic carbocycles. The van der Waals surface area contributed by atoms with Crippen LogP contribution in [-0.4, -0.2) is 39.5 Å². The molecule has 0 spiro atoms. The van der Waals surface area contributed by atoms with Gasteiger partial charge in [0.05, 0.1) is 13.7 Å². The fourth-order valence-corrected chi connectivity index (χ4v) is 2.24. The fourth-order valence-electron chi connectivity index (χ4n) is 2.24. The van der Waals surface area contributed by atoms with Gasteiger partial charge in [-0.2, -0.15) is 0 Å². The number of nitrogens with one attached hydrogen (secondary N) is 1. The maximum atomic E-state index is 5.67. The summed E-state index contributed by atoms with van der Waals surface area (Å²) in [7, 11) is 1.66. The molecular weight excluding hydrogens is 242 g/mol. The molecule has 1 aliphatic heterocycles. The van der Waals surface area contributed by atoms with E-state index in [1.807, 2.05) is 24.3 Å². The number of benzene rings is 1. The number of rotatable bonds is 7. The molecule has 2 rings (SSSR count). The molecule has 0 radical (unpaired) electrons. The van der Waals surface area contributed by atoms with Crippen molar-refractivity contribution in [2.45, 2.75) is 19.4 Å². The van der Waals surface area contributed by atoms with E-state index in [1.165, 1.54) is 0 Å². The molecule has 1 aromatic rings. The van der Waals surface area contributed by atoms with Crippen LogP contribution in [0.3, 0.4) is 0 Å². The summed E-state index contributed by atoms with van der Waals surface area (Å²) in [5.41, 5.74) is 0. The minimum atomic E-state index is 0.488. The van der Waals surface area contributed by atoms with Gasteiger partial charge in [-0.1, -0.05) is 0 Å². The second-order valence-electron chi connectivity index (χ2n) is 4.89. The van der Waals surface area contributed by atoms with E-state index in [1.54, 1.807) is 7.11 Å². The van der Waals surface area contributed by atoms with E-state index in [2.05, 4.69) is 12.2 Å². The first kappa shape index (κ1) is 14.2. The Kier molecular flexibility index (Phi) is 5.48. The van der Waals surface area contributed by atoms with E-state index in [0.717, 1.165) is 37.7 Å². The summed E-state index contributed by atoms with van der Waals surface area (Å²) in [6.45, 7) is 5.52. The molecule has 0 bridgehead atoms. The lowest BCUT2D eigenvalue weighted by Gasteiger charge is -2.19. The van der Waals surface area contributed by atoms with Crippen molar-refractivity contribution in [1.29, 1.82) is 0 Å². The van der Waals surface area contributed by atoms with Gasteiger partial charge < -0.3 is 19.5 Å². The van der Waals surface area contributed by atoms with Crippen molar-refractivity contribution in [3.05, 3.63) is 24.3 Å². The highest BCUT2D eigenvalue weighted by Gasteiger charge is 2.21. The van der Waals surface area contributed by atoms with Gasteiger partial charge >= 0.3 is 0 Å². The zero-order valence-corrected chi connectivity index (χ0v) is 11.7. The molecule has 1 saturated heterocycles. The van der Waals surface area contributed by atoms with Gasteiger partial charge in [0.15, 0.2) is 0 Å². The molecule has 0 amide bonds. The molecule has 0 aromatic heterocycles. The summed E-state index contributed by atoms with van der Waals surface area (Å²) >= 11 is 0. The summed E-state index contributed by atoms with van der Waals surface area (Å²) in [4.78, 5) is 0. The third-order valence-electron chi connectivity index (χ3n) is 3.57. The van der Waals surface area contributed by atoms with Crippen LogP contribution in [0.5, 0.6) is 11.5 Å². The van der Waals surface area contributed by atoms with Crippen molar-refractivity contribution >= 4 is 0 Å². The minimum absolute atomic E-state index is 0.488. The van der Waals surface area contributed by atoms with Crippen LogP contribution in [0.4, 0.5) is 0 Å². The number of methoxy groups -OCH3 is 1. The summed E-state index contributed by atoms with van der Waals surface area (Å²) in [6.07, 6.45) is 1.16. The van der Waals surface area contributed by atoms with Crippen molar-refractivity contribution in [1.82, 2.24) is 5.32 Å². The lowest BCUT2D eigenvalue weighted by atomic mass is 10.0. The Bertz CT molecular complexity index is 360. The highest BCUT2D eigenvalue weighted by atomic mass is 16.5. The average Bonchev–Trinajstić information content (AvgIpc) is 2.98. The molecule has 4 nitrogen and oxygen atoms in total. The maximum absolute atomic E-state index is 5.67. The van der Waals surface area contributed by atoms with E-state index in [4.69, 9.17) is 14.2 Å². The Morgan fingerprint density at radius 3 is 2.68 bits per heavy atom. The maximum Gasteiger partial charge on any atom is 0.119 e. The molecule has 19 heavy (non-hydrogen) atoms. The van der Waals surface area contributed by atoms with Crippen molar-refractivity contribution in [2.24, 2.45) is 5.92 Å². The normalized spacial score (nSPS) is 20.2. The quantitative estimate of drug-likeness (QED) is 0.766. The third-order valence-corrected chi connectivity index (χ3v) is 3.57. The Morgan fingerprint density at radius 1 is 1.32 bits per heavy atom. The third kappa shape index (κ3) is 4.40. The molecule has 1 fully saturated rings. The first-order chi connectivity index (χ1) is 9.29. The van der Waals surface area contributed by atoms with Crippen molar-refractivity contribution in [3.8, 4) is 11.5 Å². The van der Waals surface area contributed by atoms with Crippen LogP contribution in [0.2, 0.25) is 0 Å². The fraction of sp³-hybridized carbons (Fsp3) is 0.600. The second-order valence-corrected chi connectivity index (χ2v) is 4.89. The molecule has 4 heteroatoms. The summed E-state index contributed by atoms with van der Waals surface area (Å²) < 4.78 is 16.2. The Balaban J connectivity index is 1.62. The van der Waals surface area contributed by atoms with Gasteiger partial charge in [0.2, 0.25) is 0 Å². The van der Waals surface area contributed by atoms with E-state index in [9.17, 15) is 0 Å². The van der Waals surface area contributed by atoms with E-state index >= 15 is 0 Å². The molecule has 1 aliphatic rings. The molecule has 1 heterocycles. The lowest BCUT2D eigenvalue weighted by molar-refractivity contribution is 0.177. The molecule has 2 unspecified atom stereocenters. The van der Waals surface area contributed by atoms with Gasteiger partial charge in [-0.15, -0.1) is 0 Å². The van der Waals surface area contributed by atoms with Gasteiger partial charge in [-0.3, -0.25) is 0 Å². The molecule has 1 aromatic carbocycles. The first-order valence-electron chi connectivity index (χ1n) is 6.87. The van der Waals surface area contributed by atoms with Crippen molar-refractivity contribution in [2.75, 3.05) is 33.5 Å². The Hall–Kier alpha value is -1.26. The van der Waals surface area contributed by atoms with Crippen molar-refractivity contribution in [3.63, 3.8) is 0 Å². The summed E-state index contributed by atoms with van der Waals surface area (Å²) in [5, 5.41) is 3.49. The molecular formula is C15H23NO3. The zero-order valence-electron chi connectivity index (χ0n) is 11.7. The van der Waals surface area contributed by atoms with Crippen LogP contribution >= 0.6 is 0 Å². The average molecular weight is 265 g/mol. The predicted molar refractivity (Wildman–Crippen MR) is 74.9 cm³/mol. The van der Waals surface area contributed by atoms with E-state index in [0.29, 0.717) is 18.6 Å². The van der Waals surface area contributed by atoms with Crippen LogP contribution in [0.15, 0.2) is 24.3 Å². The highest BCUT2D eigenvalue weighted by Crippen LogP contribution is 2.17. The summed E-state index contributed by atoms with van der Waals surface area (Å²) in [5.74, 6) is 2.36. The first-order valence-corrected chi connectivity index (χ1v) is 6.87. The van der Waals surface area contributed by atoms with Gasteiger partial charge in [-0.25, -0.2) is 0 Å². The van der Waals surface area contributed by atoms with Gasteiger partial charge in [-0.05, 0) is 43.5 Å². The van der Waals surface area contributed by atoms with Crippen LogP contribution in [0.1, 0.15) is 13.3 Å². The van der Waals surface area contributed by atoms with Gasteiger partial charge in [0.1, 0.15) is 18.1 Å². The van der Waals surface area contributed by atoms with Crippen molar-refractivity contribution < 1.29 is 14.2 Å². The van der Waals surface area contributed by atoms with E-state index in [-0.39, 0.29) is 0 Å². The topological polar surface area (TPSA) is 39.7 Å². The molecule has 106 valence electrons. The van der Waals surface area contributed by atoms with E-state index < -0.39 is 0 Å². The molecule has 0 saturated carbocycles. The smallest absolute Gasteiger partial charge is 0.119 e. The highest BCUT2D eigenvalue weighted by molar-refractivity contribution is 5.31. The Morgan fingerprint density at radius 2 is 2.05 bits per heavy atom.